The number of nitrogens with one attached hydrogen (secondary N) is 1. The lowest BCUT2D eigenvalue weighted by Crippen LogP contribution is -2.74. The molecule has 0 spiro atoms. The van der Waals surface area contributed by atoms with Crippen LogP contribution in [0.3, 0.4) is 0 Å². The number of hydrogen-bond acceptors (Lipinski definition) is 10. The zero-order chi connectivity index (χ0) is 29.0. The maximum Gasteiger partial charge on any atom is 0.241 e. The van der Waals surface area contributed by atoms with Crippen LogP contribution >= 0.6 is 0 Å². The molecule has 2 heterocycles. The zero-order valence-electron chi connectivity index (χ0n) is 21.9. The van der Waals surface area contributed by atoms with Gasteiger partial charge < -0.3 is 21.3 Å². The lowest BCUT2D eigenvalue weighted by molar-refractivity contribution is -0.181. The first kappa shape index (κ1) is 26.7. The Kier molecular flexibility index (Phi) is 5.81. The first-order valence-corrected chi connectivity index (χ1v) is 13.3. The van der Waals surface area contributed by atoms with Gasteiger partial charge in [0.1, 0.15) is 5.82 Å². The number of benzene rings is 1. The highest BCUT2D eigenvalue weighted by Crippen LogP contribution is 2.52. The van der Waals surface area contributed by atoms with E-state index < -0.39 is 93.4 Å². The van der Waals surface area contributed by atoms with Crippen molar-refractivity contribution in [1.29, 1.82) is 0 Å². The number of hydrogen-bond donors (Lipinski definition) is 4. The first-order chi connectivity index (χ1) is 18.8. The number of halogens is 1. The van der Waals surface area contributed by atoms with Crippen molar-refractivity contribution in [3.05, 3.63) is 22.5 Å². The molecular formula is C27H29FN4O8. The number of rotatable bonds is 2. The fourth-order valence-electron chi connectivity index (χ4n) is 7.76. The second-order valence-corrected chi connectivity index (χ2v) is 11.8. The number of nitrogens with zero attached hydrogens (tertiary/aromatic N) is 2. The summed E-state index contributed by atoms with van der Waals surface area (Å²) >= 11 is 0. The number of carbonyl (C=O) groups excluding carboxylic acids is 6. The summed E-state index contributed by atoms with van der Waals surface area (Å²) in [5.74, 6) is -13.5. The van der Waals surface area contributed by atoms with Crippen LogP contribution in [0.15, 0.2) is 0 Å². The molecule has 2 amide bonds. The maximum absolute atomic E-state index is 16.1. The van der Waals surface area contributed by atoms with Gasteiger partial charge >= 0.3 is 0 Å². The molecule has 0 radical (unpaired) electrons. The van der Waals surface area contributed by atoms with Crippen molar-refractivity contribution >= 4 is 40.6 Å². The standard InChI is InChI=1S/C27H29FN4O8/c1-31(2)19-12-7-9-6-10-15(20(33)14(9)23(36)27(12,40)24(37)16(22(19)35)25(29)38)21(34)18-11(17(10)28)8-32-5-3-4-13(32)26(39)30-18/h9,12-14,16,19,34,40H,3-8H2,1-2H3,(H2,29,38)(H,30,39)/t9-,12-,13+,14?,16?,19-,27-/m0/s1. The number of amides is 2. The van der Waals surface area contributed by atoms with Crippen LogP contribution < -0.4 is 11.1 Å². The van der Waals surface area contributed by atoms with E-state index in [2.05, 4.69) is 5.32 Å². The molecule has 2 saturated carbocycles. The third kappa shape index (κ3) is 3.28. The molecule has 5 aliphatic rings. The van der Waals surface area contributed by atoms with Gasteiger partial charge in [0.2, 0.25) is 11.8 Å². The van der Waals surface area contributed by atoms with E-state index in [0.717, 1.165) is 6.42 Å². The summed E-state index contributed by atoms with van der Waals surface area (Å²) in [4.78, 5) is 82.3. The van der Waals surface area contributed by atoms with Crippen LogP contribution in [0.2, 0.25) is 0 Å². The topological polar surface area (TPSA) is 187 Å². The second kappa shape index (κ2) is 8.72. The van der Waals surface area contributed by atoms with Gasteiger partial charge in [-0.15, -0.1) is 0 Å². The Hall–Kier alpha value is -3.55. The summed E-state index contributed by atoms with van der Waals surface area (Å²) in [6, 6.07) is -1.75. The molecule has 7 atom stereocenters. The summed E-state index contributed by atoms with van der Waals surface area (Å²) in [5.41, 5.74) is 1.66. The molecule has 3 aliphatic carbocycles. The zero-order valence-corrected chi connectivity index (χ0v) is 21.9. The van der Waals surface area contributed by atoms with Gasteiger partial charge in [-0.05, 0) is 52.2 Å². The molecule has 2 aliphatic heterocycles. The second-order valence-electron chi connectivity index (χ2n) is 11.8. The van der Waals surface area contributed by atoms with E-state index >= 15 is 4.39 Å². The number of likely N-dealkylation sites (N-methyl/N-ethyl adjacent to an activating group) is 1. The Labute approximate surface area is 227 Å². The highest BCUT2D eigenvalue weighted by Gasteiger charge is 2.69. The highest BCUT2D eigenvalue weighted by molar-refractivity contribution is 6.32. The van der Waals surface area contributed by atoms with Crippen LogP contribution in [0.1, 0.15) is 40.7 Å². The van der Waals surface area contributed by atoms with E-state index in [1.807, 2.05) is 4.90 Å². The number of ketones is 4. The molecule has 0 aromatic heterocycles. The van der Waals surface area contributed by atoms with Gasteiger partial charge in [0.05, 0.1) is 29.3 Å². The molecule has 6 rings (SSSR count). The Morgan fingerprint density at radius 3 is 2.50 bits per heavy atom. The van der Waals surface area contributed by atoms with Gasteiger partial charge in [-0.1, -0.05) is 0 Å². The lowest BCUT2D eigenvalue weighted by atomic mass is 9.52. The Morgan fingerprint density at radius 2 is 1.85 bits per heavy atom. The minimum absolute atomic E-state index is 0.0369. The first-order valence-electron chi connectivity index (χ1n) is 13.3. The predicted molar refractivity (Wildman–Crippen MR) is 133 cm³/mol. The van der Waals surface area contributed by atoms with Gasteiger partial charge in [0.15, 0.2) is 40.4 Å². The van der Waals surface area contributed by atoms with Gasteiger partial charge in [0.25, 0.3) is 0 Å². The smallest absolute Gasteiger partial charge is 0.241 e. The molecule has 2 unspecified atom stereocenters. The number of primary amides is 1. The van der Waals surface area contributed by atoms with Gasteiger partial charge in [-0.3, -0.25) is 38.6 Å². The number of phenolic OH excluding ortho intramolecular Hbond substituents is 1. The van der Waals surface area contributed by atoms with E-state index in [0.29, 0.717) is 13.0 Å². The van der Waals surface area contributed by atoms with Crippen LogP contribution in [0.25, 0.3) is 0 Å². The molecule has 40 heavy (non-hydrogen) atoms. The van der Waals surface area contributed by atoms with Crippen molar-refractivity contribution in [2.75, 3.05) is 26.0 Å². The minimum atomic E-state index is -2.87. The molecule has 0 bridgehead atoms. The van der Waals surface area contributed by atoms with Crippen LogP contribution in [0.5, 0.6) is 5.75 Å². The fourth-order valence-corrected chi connectivity index (χ4v) is 7.76. The highest BCUT2D eigenvalue weighted by atomic mass is 19.1. The Balaban J connectivity index is 1.48. The molecule has 3 fully saturated rings. The Bertz CT molecular complexity index is 1440. The van der Waals surface area contributed by atoms with Crippen molar-refractivity contribution in [2.45, 2.75) is 49.9 Å². The molecule has 5 N–H and O–H groups in total. The minimum Gasteiger partial charge on any atom is -0.505 e. The molecule has 1 aromatic rings. The van der Waals surface area contributed by atoms with E-state index in [4.69, 9.17) is 5.73 Å². The van der Waals surface area contributed by atoms with Gasteiger partial charge in [0, 0.05) is 23.6 Å². The SMILES string of the molecule is CN(C)[C@@H]1C(=O)C(C(N)=O)C(=O)[C@@]2(O)C(=O)C3C(=O)c4c(O)c5c(c(F)c4C[C@H]3C[C@@H]12)CN1CCC[C@@H]1C(=O)N5. The van der Waals surface area contributed by atoms with Crippen LogP contribution in [-0.2, 0) is 36.9 Å². The van der Waals surface area contributed by atoms with Crippen molar-refractivity contribution < 1.29 is 43.4 Å². The fraction of sp³-hybridized carbons (Fsp3) is 0.556. The predicted octanol–water partition coefficient (Wildman–Crippen LogP) is -1.08. The van der Waals surface area contributed by atoms with Crippen molar-refractivity contribution in [3.8, 4) is 5.75 Å². The van der Waals surface area contributed by atoms with Crippen LogP contribution in [-0.4, -0.2) is 93.3 Å². The van der Waals surface area contributed by atoms with Crippen molar-refractivity contribution in [1.82, 2.24) is 9.80 Å². The van der Waals surface area contributed by atoms with Crippen molar-refractivity contribution in [2.24, 2.45) is 29.4 Å². The third-order valence-corrected chi connectivity index (χ3v) is 9.54. The number of nitrogens with two attached hydrogens (primary N) is 1. The molecule has 12 nitrogen and oxygen atoms in total. The van der Waals surface area contributed by atoms with E-state index in [-0.39, 0.29) is 36.2 Å². The van der Waals surface area contributed by atoms with Gasteiger partial charge in [-0.25, -0.2) is 4.39 Å². The average molecular weight is 557 g/mol. The summed E-state index contributed by atoms with van der Waals surface area (Å²) in [6.07, 6.45) is 0.954. The van der Waals surface area contributed by atoms with E-state index in [1.54, 1.807) is 0 Å². The van der Waals surface area contributed by atoms with Gasteiger partial charge in [-0.2, -0.15) is 0 Å². The van der Waals surface area contributed by atoms with Crippen molar-refractivity contribution in [3.63, 3.8) is 0 Å². The molecular weight excluding hydrogens is 527 g/mol. The quantitative estimate of drug-likeness (QED) is 0.258. The number of fused-ring (bicyclic) bond motifs is 5. The number of carbonyl (C=O) groups is 6. The number of phenols is 1. The summed E-state index contributed by atoms with van der Waals surface area (Å²) in [7, 11) is 2.98. The number of aliphatic hydroxyl groups is 1. The third-order valence-electron chi connectivity index (χ3n) is 9.54. The maximum atomic E-state index is 16.1. The Morgan fingerprint density at radius 1 is 1.15 bits per heavy atom. The molecule has 1 saturated heterocycles. The normalized spacial score (nSPS) is 35.4. The monoisotopic (exact) mass is 556 g/mol. The number of aromatic hydroxyl groups is 1. The molecule has 13 heteroatoms. The summed E-state index contributed by atoms with van der Waals surface area (Å²) in [6.45, 7) is 0.600. The van der Waals surface area contributed by atoms with E-state index in [1.165, 1.54) is 19.0 Å². The lowest BCUT2D eigenvalue weighted by Gasteiger charge is -2.52. The summed E-state index contributed by atoms with van der Waals surface area (Å²) < 4.78 is 16.1. The largest absolute Gasteiger partial charge is 0.505 e. The number of anilines is 1. The molecule has 1 aromatic carbocycles. The van der Waals surface area contributed by atoms with Crippen LogP contribution in [0.4, 0.5) is 10.1 Å². The number of Topliss-reactive ketones (excluding diaryl/α,β-unsaturated/α-hetero) is 4. The molecule has 212 valence electrons. The average Bonchev–Trinajstić information content (AvgIpc) is 3.29. The summed E-state index contributed by atoms with van der Waals surface area (Å²) in [5, 5.41) is 25.4. The van der Waals surface area contributed by atoms with Crippen LogP contribution in [0, 0.1) is 29.5 Å². The van der Waals surface area contributed by atoms with E-state index in [9.17, 15) is 39.0 Å².